The van der Waals surface area contributed by atoms with Crippen molar-refractivity contribution in [3.05, 3.63) is 71.0 Å². The van der Waals surface area contributed by atoms with Crippen LogP contribution in [0.1, 0.15) is 39.0 Å². The molecule has 0 bridgehead atoms. The van der Waals surface area contributed by atoms with Gasteiger partial charge in [0.05, 0.1) is 12.2 Å². The molecule has 0 unspecified atom stereocenters. The van der Waals surface area contributed by atoms with Crippen molar-refractivity contribution in [3.63, 3.8) is 0 Å². The van der Waals surface area contributed by atoms with E-state index in [-0.39, 0.29) is 12.3 Å². The van der Waals surface area contributed by atoms with Gasteiger partial charge in [0.25, 0.3) is 5.91 Å². The van der Waals surface area contributed by atoms with Crippen molar-refractivity contribution < 1.29 is 33.3 Å². The van der Waals surface area contributed by atoms with Crippen molar-refractivity contribution in [1.82, 2.24) is 9.88 Å². The number of para-hydroxylation sites is 1. The number of amides is 1. The summed E-state index contributed by atoms with van der Waals surface area (Å²) in [5.41, 5.74) is 3.16. The number of aryl methyl sites for hydroxylation is 1. The number of Topliss-reactive ketones (excluding diaryl/α,β-unsaturated/α-hetero) is 1. The van der Waals surface area contributed by atoms with Crippen LogP contribution < -0.4 is 19.5 Å². The maximum absolute atomic E-state index is 12.8. The number of fused-ring (bicyclic) bond motifs is 1. The molecule has 9 heteroatoms. The third kappa shape index (κ3) is 5.35. The number of nitrogens with zero attached hydrogens (tertiary/aromatic N) is 1. The topological polar surface area (TPSA) is 105 Å². The predicted octanol–water partition coefficient (Wildman–Crippen LogP) is 3.42. The van der Waals surface area contributed by atoms with Crippen LogP contribution in [0.4, 0.5) is 0 Å². The Labute approximate surface area is 208 Å². The number of carbonyl (C=O) groups excluding carboxylic acids is 3. The van der Waals surface area contributed by atoms with Crippen LogP contribution in [0, 0.1) is 13.8 Å². The van der Waals surface area contributed by atoms with E-state index in [0.717, 1.165) is 11.4 Å². The molecule has 2 aromatic carbocycles. The molecule has 0 radical (unpaired) electrons. The highest BCUT2D eigenvalue weighted by Gasteiger charge is 2.20. The molecule has 36 heavy (non-hydrogen) atoms. The minimum absolute atomic E-state index is 0.315. The fourth-order valence-corrected chi connectivity index (χ4v) is 4.07. The summed E-state index contributed by atoms with van der Waals surface area (Å²) in [5.74, 6) is 0.238. The number of ketones is 1. The van der Waals surface area contributed by atoms with E-state index in [1.54, 1.807) is 30.3 Å². The molecule has 1 aliphatic rings. The number of ether oxygens (including phenoxy) is 4. The number of aromatic nitrogens is 1. The number of carbonyl (C=O) groups is 3. The SMILES string of the molecule is CCOc1ccccc1C(=O)NCC(=O)OCC(=O)c1cc(C)n(-c2ccc3c(c2)OCCO3)c1C. The zero-order valence-corrected chi connectivity index (χ0v) is 20.5. The van der Waals surface area contributed by atoms with Crippen LogP contribution in [0.5, 0.6) is 17.2 Å². The zero-order chi connectivity index (χ0) is 25.7. The molecule has 9 nitrogen and oxygen atoms in total. The monoisotopic (exact) mass is 492 g/mol. The lowest BCUT2D eigenvalue weighted by Crippen LogP contribution is -2.31. The number of benzene rings is 2. The molecule has 0 aliphatic carbocycles. The second kappa shape index (κ2) is 11.0. The fraction of sp³-hybridized carbons (Fsp3) is 0.296. The Balaban J connectivity index is 1.36. The van der Waals surface area contributed by atoms with Gasteiger partial charge in [-0.1, -0.05) is 12.1 Å². The summed E-state index contributed by atoms with van der Waals surface area (Å²) in [4.78, 5) is 37.5. The van der Waals surface area contributed by atoms with Gasteiger partial charge in [-0.15, -0.1) is 0 Å². The second-order valence-electron chi connectivity index (χ2n) is 8.14. The van der Waals surface area contributed by atoms with Gasteiger partial charge in [0, 0.05) is 28.7 Å². The van der Waals surface area contributed by atoms with E-state index in [1.165, 1.54) is 0 Å². The van der Waals surface area contributed by atoms with Crippen LogP contribution in [-0.2, 0) is 9.53 Å². The average molecular weight is 493 g/mol. The first-order valence-corrected chi connectivity index (χ1v) is 11.7. The van der Waals surface area contributed by atoms with Crippen molar-refractivity contribution in [2.45, 2.75) is 20.8 Å². The molecule has 0 spiro atoms. The van der Waals surface area contributed by atoms with E-state index < -0.39 is 18.5 Å². The highest BCUT2D eigenvalue weighted by molar-refractivity contribution is 6.00. The third-order valence-electron chi connectivity index (χ3n) is 5.70. The molecule has 2 heterocycles. The Morgan fingerprint density at radius 3 is 2.50 bits per heavy atom. The highest BCUT2D eigenvalue weighted by atomic mass is 16.6. The van der Waals surface area contributed by atoms with E-state index in [4.69, 9.17) is 18.9 Å². The lowest BCUT2D eigenvalue weighted by Gasteiger charge is -2.20. The lowest BCUT2D eigenvalue weighted by molar-refractivity contribution is -0.141. The molecule has 1 aromatic heterocycles. The largest absolute Gasteiger partial charge is 0.493 e. The zero-order valence-electron chi connectivity index (χ0n) is 20.5. The van der Waals surface area contributed by atoms with Gasteiger partial charge >= 0.3 is 5.97 Å². The molecule has 1 N–H and O–H groups in total. The summed E-state index contributed by atoms with van der Waals surface area (Å²) in [6, 6.07) is 14.1. The Bertz CT molecular complexity index is 1300. The maximum Gasteiger partial charge on any atom is 0.325 e. The third-order valence-corrected chi connectivity index (χ3v) is 5.70. The minimum Gasteiger partial charge on any atom is -0.493 e. The van der Waals surface area contributed by atoms with Crippen LogP contribution >= 0.6 is 0 Å². The normalized spacial score (nSPS) is 12.1. The summed E-state index contributed by atoms with van der Waals surface area (Å²) >= 11 is 0. The molecule has 0 saturated carbocycles. The van der Waals surface area contributed by atoms with Crippen molar-refractivity contribution in [3.8, 4) is 22.9 Å². The second-order valence-corrected chi connectivity index (χ2v) is 8.14. The molecule has 188 valence electrons. The van der Waals surface area contributed by atoms with Gasteiger partial charge in [0.15, 0.2) is 18.1 Å². The maximum atomic E-state index is 12.8. The molecular formula is C27H28N2O7. The van der Waals surface area contributed by atoms with Gasteiger partial charge in [-0.3, -0.25) is 14.4 Å². The van der Waals surface area contributed by atoms with E-state index >= 15 is 0 Å². The number of hydrogen-bond donors (Lipinski definition) is 1. The van der Waals surface area contributed by atoms with Crippen LogP contribution in [0.25, 0.3) is 5.69 Å². The van der Waals surface area contributed by atoms with Gasteiger partial charge in [-0.2, -0.15) is 0 Å². The highest BCUT2D eigenvalue weighted by Crippen LogP contribution is 2.33. The molecule has 3 aromatic rings. The smallest absolute Gasteiger partial charge is 0.325 e. The summed E-state index contributed by atoms with van der Waals surface area (Å²) in [6.07, 6.45) is 0. The number of rotatable bonds is 9. The Morgan fingerprint density at radius 1 is 0.972 bits per heavy atom. The number of nitrogens with one attached hydrogen (secondary N) is 1. The van der Waals surface area contributed by atoms with Crippen molar-refractivity contribution >= 4 is 17.7 Å². The van der Waals surface area contributed by atoms with E-state index in [9.17, 15) is 14.4 Å². The summed E-state index contributed by atoms with van der Waals surface area (Å²) in [7, 11) is 0. The lowest BCUT2D eigenvalue weighted by atomic mass is 10.1. The molecule has 0 saturated heterocycles. The Hall–Kier alpha value is -4.27. The average Bonchev–Trinajstić information content (AvgIpc) is 3.19. The van der Waals surface area contributed by atoms with Crippen LogP contribution in [-0.4, -0.2) is 55.2 Å². The minimum atomic E-state index is -0.716. The molecular weight excluding hydrogens is 464 g/mol. The van der Waals surface area contributed by atoms with Crippen molar-refractivity contribution in [2.24, 2.45) is 0 Å². The molecule has 4 rings (SSSR count). The first-order chi connectivity index (χ1) is 17.4. The van der Waals surface area contributed by atoms with Crippen molar-refractivity contribution in [2.75, 3.05) is 33.0 Å². The summed E-state index contributed by atoms with van der Waals surface area (Å²) in [5, 5.41) is 2.50. The first kappa shape index (κ1) is 24.8. The molecule has 0 fully saturated rings. The Morgan fingerprint density at radius 2 is 1.72 bits per heavy atom. The standard InChI is InChI=1S/C27H28N2O7/c1-4-33-23-8-6-5-7-20(23)27(32)28-15-26(31)36-16-22(30)21-13-17(2)29(18(21)3)19-9-10-24-25(14-19)35-12-11-34-24/h5-10,13-14H,4,11-12,15-16H2,1-3H3,(H,28,32). The fourth-order valence-electron chi connectivity index (χ4n) is 4.07. The number of esters is 1. The van der Waals surface area contributed by atoms with E-state index in [1.807, 2.05) is 43.5 Å². The number of hydrogen-bond acceptors (Lipinski definition) is 7. The van der Waals surface area contributed by atoms with E-state index in [2.05, 4.69) is 5.32 Å². The summed E-state index contributed by atoms with van der Waals surface area (Å²) < 4.78 is 23.7. The quantitative estimate of drug-likeness (QED) is 0.360. The van der Waals surface area contributed by atoms with E-state index in [0.29, 0.717) is 53.9 Å². The molecule has 1 amide bonds. The molecule has 1 aliphatic heterocycles. The van der Waals surface area contributed by atoms with Crippen LogP contribution in [0.3, 0.4) is 0 Å². The summed E-state index contributed by atoms with van der Waals surface area (Å²) in [6.45, 7) is 6.13. The van der Waals surface area contributed by atoms with Gasteiger partial charge < -0.3 is 28.8 Å². The van der Waals surface area contributed by atoms with Crippen LogP contribution in [0.2, 0.25) is 0 Å². The molecule has 0 atom stereocenters. The predicted molar refractivity (Wildman–Crippen MR) is 131 cm³/mol. The van der Waals surface area contributed by atoms with Gasteiger partial charge in [-0.25, -0.2) is 0 Å². The van der Waals surface area contributed by atoms with Gasteiger partial charge in [-0.05, 0) is 51.1 Å². The van der Waals surface area contributed by atoms with Gasteiger partial charge in [0.1, 0.15) is 25.5 Å². The Kier molecular flexibility index (Phi) is 7.58. The van der Waals surface area contributed by atoms with Crippen molar-refractivity contribution in [1.29, 1.82) is 0 Å². The first-order valence-electron chi connectivity index (χ1n) is 11.7. The van der Waals surface area contributed by atoms with Crippen LogP contribution in [0.15, 0.2) is 48.5 Å². The van der Waals surface area contributed by atoms with Gasteiger partial charge in [0.2, 0.25) is 5.78 Å².